The lowest BCUT2D eigenvalue weighted by Gasteiger charge is -2.21. The van der Waals surface area contributed by atoms with Crippen molar-refractivity contribution in [3.05, 3.63) is 23.8 Å². The highest BCUT2D eigenvalue weighted by Gasteiger charge is 2.17. The first-order chi connectivity index (χ1) is 8.51. The van der Waals surface area contributed by atoms with E-state index < -0.39 is 6.04 Å². The predicted octanol–water partition coefficient (Wildman–Crippen LogP) is 1.01. The van der Waals surface area contributed by atoms with Crippen LogP contribution in [-0.2, 0) is 11.3 Å². The highest BCUT2D eigenvalue weighted by Crippen LogP contribution is 2.31. The third-order valence-electron chi connectivity index (χ3n) is 2.66. The zero-order valence-electron chi connectivity index (χ0n) is 11.3. The Labute approximate surface area is 107 Å². The van der Waals surface area contributed by atoms with Crippen molar-refractivity contribution in [2.75, 3.05) is 21.3 Å². The fourth-order valence-corrected chi connectivity index (χ4v) is 1.76. The summed E-state index contributed by atoms with van der Waals surface area (Å²) in [5.41, 5.74) is 6.45. The molecule has 1 aromatic rings. The van der Waals surface area contributed by atoms with Crippen LogP contribution in [0.3, 0.4) is 0 Å². The molecule has 1 atom stereocenters. The van der Waals surface area contributed by atoms with Gasteiger partial charge in [-0.2, -0.15) is 0 Å². The van der Waals surface area contributed by atoms with Crippen molar-refractivity contribution in [1.29, 1.82) is 0 Å². The number of likely N-dealkylation sites (N-methyl/N-ethyl adjacent to an activating group) is 1. The van der Waals surface area contributed by atoms with Crippen LogP contribution >= 0.6 is 0 Å². The number of methoxy groups -OCH3 is 2. The Hall–Kier alpha value is -1.75. The predicted molar refractivity (Wildman–Crippen MR) is 69.7 cm³/mol. The van der Waals surface area contributed by atoms with E-state index in [0.717, 1.165) is 5.56 Å². The molecule has 0 saturated heterocycles. The lowest BCUT2D eigenvalue weighted by molar-refractivity contribution is -0.131. The standard InChI is InChI=1S/C13H20N2O3/c1-9(14)13(16)15(2)8-10-6-5-7-11(17-3)12(10)18-4/h5-7,9H,8,14H2,1-4H3. The number of amides is 1. The van der Waals surface area contributed by atoms with Crippen LogP contribution < -0.4 is 15.2 Å². The Bertz CT molecular complexity index is 419. The first kappa shape index (κ1) is 14.3. The van der Waals surface area contributed by atoms with Gasteiger partial charge in [-0.15, -0.1) is 0 Å². The number of carbonyl (C=O) groups excluding carboxylic acids is 1. The van der Waals surface area contributed by atoms with Crippen LogP contribution in [0, 0.1) is 0 Å². The second-order valence-corrected chi connectivity index (χ2v) is 4.14. The summed E-state index contributed by atoms with van der Waals surface area (Å²) in [6, 6.07) is 5.06. The topological polar surface area (TPSA) is 64.8 Å². The molecule has 0 fully saturated rings. The van der Waals surface area contributed by atoms with Gasteiger partial charge in [0.1, 0.15) is 0 Å². The van der Waals surface area contributed by atoms with Crippen molar-refractivity contribution in [2.45, 2.75) is 19.5 Å². The van der Waals surface area contributed by atoms with Gasteiger partial charge < -0.3 is 20.1 Å². The van der Waals surface area contributed by atoms with Crippen LogP contribution in [0.1, 0.15) is 12.5 Å². The fraction of sp³-hybridized carbons (Fsp3) is 0.462. The van der Waals surface area contributed by atoms with Crippen LogP contribution in [0.5, 0.6) is 11.5 Å². The number of rotatable bonds is 5. The molecule has 1 unspecified atom stereocenters. The van der Waals surface area contributed by atoms with Crippen LogP contribution in [-0.4, -0.2) is 38.1 Å². The van der Waals surface area contributed by atoms with Gasteiger partial charge in [0, 0.05) is 19.2 Å². The summed E-state index contributed by atoms with van der Waals surface area (Å²) >= 11 is 0. The van der Waals surface area contributed by atoms with Crippen LogP contribution in [0.2, 0.25) is 0 Å². The Morgan fingerprint density at radius 2 is 2.06 bits per heavy atom. The molecule has 0 aliphatic carbocycles. The van der Waals surface area contributed by atoms with E-state index in [1.165, 1.54) is 0 Å². The van der Waals surface area contributed by atoms with Gasteiger partial charge in [0.2, 0.25) is 5.91 Å². The van der Waals surface area contributed by atoms with Crippen LogP contribution in [0.15, 0.2) is 18.2 Å². The van der Waals surface area contributed by atoms with Crippen molar-refractivity contribution in [2.24, 2.45) is 5.73 Å². The normalized spacial score (nSPS) is 11.8. The van der Waals surface area contributed by atoms with Crippen molar-refractivity contribution in [1.82, 2.24) is 4.90 Å². The number of para-hydroxylation sites is 1. The minimum atomic E-state index is -0.508. The molecule has 1 aromatic carbocycles. The summed E-state index contributed by atoms with van der Waals surface area (Å²) in [4.78, 5) is 13.3. The minimum Gasteiger partial charge on any atom is -0.493 e. The number of nitrogens with zero attached hydrogens (tertiary/aromatic N) is 1. The molecular weight excluding hydrogens is 232 g/mol. The van der Waals surface area contributed by atoms with E-state index >= 15 is 0 Å². The molecule has 1 amide bonds. The molecular formula is C13H20N2O3. The number of carbonyl (C=O) groups is 1. The maximum Gasteiger partial charge on any atom is 0.239 e. The quantitative estimate of drug-likeness (QED) is 0.849. The molecule has 0 aliphatic rings. The van der Waals surface area contributed by atoms with Crippen molar-refractivity contribution < 1.29 is 14.3 Å². The average molecular weight is 252 g/mol. The smallest absolute Gasteiger partial charge is 0.239 e. The van der Waals surface area contributed by atoms with E-state index in [1.54, 1.807) is 33.1 Å². The molecule has 18 heavy (non-hydrogen) atoms. The summed E-state index contributed by atoms with van der Waals surface area (Å²) in [5, 5.41) is 0. The summed E-state index contributed by atoms with van der Waals surface area (Å²) in [6.07, 6.45) is 0. The number of ether oxygens (including phenoxy) is 2. The highest BCUT2D eigenvalue weighted by atomic mass is 16.5. The minimum absolute atomic E-state index is 0.111. The van der Waals surface area contributed by atoms with E-state index in [-0.39, 0.29) is 5.91 Å². The van der Waals surface area contributed by atoms with Gasteiger partial charge in [0.05, 0.1) is 20.3 Å². The van der Waals surface area contributed by atoms with Crippen LogP contribution in [0.25, 0.3) is 0 Å². The third kappa shape index (κ3) is 3.13. The van der Waals surface area contributed by atoms with Gasteiger partial charge >= 0.3 is 0 Å². The van der Waals surface area contributed by atoms with Gasteiger partial charge in [0.25, 0.3) is 0 Å². The molecule has 5 heteroatoms. The van der Waals surface area contributed by atoms with E-state index in [1.807, 2.05) is 18.2 Å². The maximum atomic E-state index is 11.7. The molecule has 0 aromatic heterocycles. The monoisotopic (exact) mass is 252 g/mol. The number of hydrogen-bond donors (Lipinski definition) is 1. The molecule has 1 rings (SSSR count). The molecule has 2 N–H and O–H groups in total. The van der Waals surface area contributed by atoms with Crippen molar-refractivity contribution in [3.8, 4) is 11.5 Å². The maximum absolute atomic E-state index is 11.7. The Morgan fingerprint density at radius 3 is 2.56 bits per heavy atom. The van der Waals surface area contributed by atoms with E-state index in [9.17, 15) is 4.79 Å². The first-order valence-corrected chi connectivity index (χ1v) is 5.71. The molecule has 0 saturated carbocycles. The summed E-state index contributed by atoms with van der Waals surface area (Å²) in [5.74, 6) is 1.18. The van der Waals surface area contributed by atoms with Gasteiger partial charge in [-0.05, 0) is 13.0 Å². The number of hydrogen-bond acceptors (Lipinski definition) is 4. The Balaban J connectivity index is 2.94. The van der Waals surface area contributed by atoms with Gasteiger partial charge in [-0.1, -0.05) is 12.1 Å². The van der Waals surface area contributed by atoms with E-state index in [4.69, 9.17) is 15.2 Å². The Morgan fingerprint density at radius 1 is 1.39 bits per heavy atom. The second-order valence-electron chi connectivity index (χ2n) is 4.14. The highest BCUT2D eigenvalue weighted by molar-refractivity contribution is 5.81. The summed E-state index contributed by atoms with van der Waals surface area (Å²) in [7, 11) is 4.87. The molecule has 5 nitrogen and oxygen atoms in total. The summed E-state index contributed by atoms with van der Waals surface area (Å²) in [6.45, 7) is 2.10. The number of benzene rings is 1. The van der Waals surface area contributed by atoms with Crippen molar-refractivity contribution >= 4 is 5.91 Å². The van der Waals surface area contributed by atoms with E-state index in [0.29, 0.717) is 18.0 Å². The SMILES string of the molecule is COc1cccc(CN(C)C(=O)C(C)N)c1OC. The second kappa shape index (κ2) is 6.26. The lowest BCUT2D eigenvalue weighted by atomic mass is 10.1. The van der Waals surface area contributed by atoms with Crippen LogP contribution in [0.4, 0.5) is 0 Å². The molecule has 0 aliphatic heterocycles. The zero-order valence-corrected chi connectivity index (χ0v) is 11.3. The molecule has 100 valence electrons. The molecule has 0 heterocycles. The molecule has 0 radical (unpaired) electrons. The summed E-state index contributed by atoms with van der Waals surface area (Å²) < 4.78 is 10.5. The Kier molecular flexibility index (Phi) is 4.97. The van der Waals surface area contributed by atoms with Gasteiger partial charge in [0.15, 0.2) is 11.5 Å². The van der Waals surface area contributed by atoms with Gasteiger partial charge in [-0.3, -0.25) is 4.79 Å². The molecule has 0 bridgehead atoms. The lowest BCUT2D eigenvalue weighted by Crippen LogP contribution is -2.39. The van der Waals surface area contributed by atoms with E-state index in [2.05, 4.69) is 0 Å². The van der Waals surface area contributed by atoms with Crippen molar-refractivity contribution in [3.63, 3.8) is 0 Å². The zero-order chi connectivity index (χ0) is 13.7. The largest absolute Gasteiger partial charge is 0.493 e. The fourth-order valence-electron chi connectivity index (χ4n) is 1.76. The third-order valence-corrected chi connectivity index (χ3v) is 2.66. The number of nitrogens with two attached hydrogens (primary N) is 1. The van der Waals surface area contributed by atoms with Gasteiger partial charge in [-0.25, -0.2) is 0 Å². The first-order valence-electron chi connectivity index (χ1n) is 5.71. The average Bonchev–Trinajstić information content (AvgIpc) is 2.37. The molecule has 0 spiro atoms.